The van der Waals surface area contributed by atoms with Crippen molar-refractivity contribution in [3.8, 4) is 91.5 Å². The fourth-order valence-electron chi connectivity index (χ4n) is 9.80. The number of rotatable bonds is 12. The molecule has 17 heteroatoms. The first-order chi connectivity index (χ1) is 38.9. The number of hydrogen-bond acceptors (Lipinski definition) is 14. The molecule has 2 aliphatic rings. The summed E-state index contributed by atoms with van der Waals surface area (Å²) >= 11 is 0. The van der Waals surface area contributed by atoms with Gasteiger partial charge in [-0.3, -0.25) is 0 Å². The van der Waals surface area contributed by atoms with E-state index < -0.39 is 5.97 Å². The molecule has 0 saturated carbocycles. The second kappa shape index (κ2) is 19.6. The molecule has 2 aliphatic heterocycles. The van der Waals surface area contributed by atoms with Gasteiger partial charge in [0.1, 0.15) is 68.6 Å². The zero-order valence-corrected chi connectivity index (χ0v) is 44.2. The molecule has 17 nitrogen and oxygen atoms in total. The maximum absolute atomic E-state index is 11.7. The summed E-state index contributed by atoms with van der Waals surface area (Å²) in [6.07, 6.45) is 0. The van der Waals surface area contributed by atoms with Crippen molar-refractivity contribution in [3.05, 3.63) is 175 Å². The first-order valence-corrected chi connectivity index (χ1v) is 25.6. The van der Waals surface area contributed by atoms with Crippen molar-refractivity contribution < 1.29 is 28.8 Å². The predicted molar refractivity (Wildman–Crippen MR) is 312 cm³/mol. The largest absolute Gasteiger partial charge is 0.478 e. The number of aromatic amines is 2. The number of hydrogen-bond donors (Lipinski definition) is 3. The third-order valence-corrected chi connectivity index (χ3v) is 13.8. The Hall–Kier alpha value is -10.8. The van der Waals surface area contributed by atoms with Gasteiger partial charge in [-0.25, -0.2) is 34.7 Å². The number of aromatic nitrogens is 8. The molecule has 0 saturated heterocycles. The van der Waals surface area contributed by atoms with Crippen LogP contribution < -0.4 is 33.6 Å². The van der Waals surface area contributed by atoms with Gasteiger partial charge in [0.2, 0.25) is 0 Å². The quantitative estimate of drug-likeness (QED) is 0.105. The first kappa shape index (κ1) is 48.8. The van der Waals surface area contributed by atoms with Crippen molar-refractivity contribution in [1.29, 1.82) is 0 Å². The lowest BCUT2D eigenvalue weighted by atomic mass is 10.1. The molecule has 392 valence electrons. The molecule has 3 aromatic heterocycles. The minimum absolute atomic E-state index is 0.139. The van der Waals surface area contributed by atoms with Crippen molar-refractivity contribution in [3.63, 3.8) is 0 Å². The van der Waals surface area contributed by atoms with Crippen LogP contribution in [0.3, 0.4) is 0 Å². The molecule has 13 rings (SSSR count). The van der Waals surface area contributed by atoms with E-state index in [4.69, 9.17) is 48.9 Å². The standard InChI is InChI=1S/C63H49N11O6/c1-72(2)36-13-7-16-40(31-36)78-49-22-10-19-45-52(49)60-66-55-44-30-29-43(77-39-27-25-35(26-28-39)63(75)76)34-48(44)59(64-55)71-62-54-47(21-12-24-51(54)80-42-18-9-15-38(33-42)74(5)6)58(70-62)69-61-53-46(57(68-61)65-56(45)67-60)20-11-23-50(53)79-41-17-8-14-37(32-41)73(3)4/h7-34H,1-6H3,(H,75,76)(H2,64,65,66,67,68,69,70,71). The van der Waals surface area contributed by atoms with E-state index in [1.165, 1.54) is 12.1 Å². The Morgan fingerprint density at radius 2 is 0.812 bits per heavy atom. The minimum Gasteiger partial charge on any atom is -0.478 e. The molecule has 11 aromatic rings. The molecular weight excluding hydrogens is 1010 g/mol. The summed E-state index contributed by atoms with van der Waals surface area (Å²) < 4.78 is 26.7. The Bertz CT molecular complexity index is 4480. The Kier molecular flexibility index (Phi) is 12.0. The van der Waals surface area contributed by atoms with Crippen molar-refractivity contribution in [1.82, 2.24) is 39.9 Å². The lowest BCUT2D eigenvalue weighted by Crippen LogP contribution is -2.08. The van der Waals surface area contributed by atoms with E-state index in [0.717, 1.165) is 22.4 Å². The van der Waals surface area contributed by atoms with Gasteiger partial charge >= 0.3 is 5.97 Å². The third kappa shape index (κ3) is 9.07. The fourth-order valence-corrected chi connectivity index (χ4v) is 9.80. The van der Waals surface area contributed by atoms with E-state index >= 15 is 0 Å². The number of ether oxygens (including phenoxy) is 4. The van der Waals surface area contributed by atoms with Crippen LogP contribution in [-0.4, -0.2) is 93.2 Å². The van der Waals surface area contributed by atoms with Crippen LogP contribution in [0.1, 0.15) is 10.4 Å². The number of nitrogens with one attached hydrogen (secondary N) is 2. The van der Waals surface area contributed by atoms with Crippen LogP contribution in [0.4, 0.5) is 17.1 Å². The predicted octanol–water partition coefficient (Wildman–Crippen LogP) is 13.9. The molecule has 0 spiro atoms. The van der Waals surface area contributed by atoms with Gasteiger partial charge in [-0.1, -0.05) is 54.6 Å². The lowest BCUT2D eigenvalue weighted by Gasteiger charge is -2.15. The molecule has 80 heavy (non-hydrogen) atoms. The first-order valence-electron chi connectivity index (χ1n) is 25.6. The number of anilines is 3. The molecular formula is C63H49N11O6. The van der Waals surface area contributed by atoms with Gasteiger partial charge in [0, 0.05) is 105 Å². The molecule has 0 amide bonds. The number of carbonyl (C=O) groups is 1. The second-order valence-electron chi connectivity index (χ2n) is 19.8. The van der Waals surface area contributed by atoms with Crippen LogP contribution in [-0.2, 0) is 0 Å². The Labute approximate surface area is 458 Å². The second-order valence-corrected chi connectivity index (χ2v) is 19.8. The summed E-state index contributed by atoms with van der Waals surface area (Å²) in [6, 6.07) is 52.7. The van der Waals surface area contributed by atoms with E-state index in [1.807, 2.05) is 203 Å². The van der Waals surface area contributed by atoms with Gasteiger partial charge in [0.25, 0.3) is 0 Å². The van der Waals surface area contributed by atoms with Crippen molar-refractivity contribution >= 4 is 67.2 Å². The maximum Gasteiger partial charge on any atom is 0.335 e. The van der Waals surface area contributed by atoms with Crippen LogP contribution >= 0.6 is 0 Å². The number of nitrogens with zero attached hydrogens (tertiary/aromatic N) is 9. The van der Waals surface area contributed by atoms with Crippen LogP contribution in [0.25, 0.3) is 89.7 Å². The van der Waals surface area contributed by atoms with E-state index in [1.54, 1.807) is 12.1 Å². The molecule has 0 radical (unpaired) electrons. The van der Waals surface area contributed by atoms with Gasteiger partial charge in [0.05, 0.1) is 22.1 Å². The van der Waals surface area contributed by atoms with E-state index in [-0.39, 0.29) is 5.56 Å². The van der Waals surface area contributed by atoms with Crippen LogP contribution in [0.15, 0.2) is 170 Å². The Balaban J connectivity index is 1.10. The monoisotopic (exact) mass is 1060 g/mol. The molecule has 8 aromatic carbocycles. The summed E-state index contributed by atoms with van der Waals surface area (Å²) in [5.41, 5.74) is 7.34. The molecule has 0 fully saturated rings. The number of H-pyrrole nitrogens is 2. The number of benzene rings is 8. The normalized spacial score (nSPS) is 11.5. The highest BCUT2D eigenvalue weighted by molar-refractivity contribution is 6.09. The van der Waals surface area contributed by atoms with Gasteiger partial charge < -0.3 is 48.7 Å². The van der Waals surface area contributed by atoms with E-state index in [2.05, 4.69) is 9.97 Å². The zero-order valence-electron chi connectivity index (χ0n) is 44.2. The van der Waals surface area contributed by atoms with Gasteiger partial charge in [-0.15, -0.1) is 0 Å². The van der Waals surface area contributed by atoms with Gasteiger partial charge in [-0.05, 0) is 97.1 Å². The topological polar surface area (TPSA) is 193 Å². The van der Waals surface area contributed by atoms with Crippen LogP contribution in [0.5, 0.6) is 46.0 Å². The highest BCUT2D eigenvalue weighted by Gasteiger charge is 2.28. The summed E-state index contributed by atoms with van der Waals surface area (Å²) in [5, 5.41) is 12.3. The summed E-state index contributed by atoms with van der Waals surface area (Å²) in [5.74, 6) is 4.65. The lowest BCUT2D eigenvalue weighted by molar-refractivity contribution is 0.0696. The Morgan fingerprint density at radius 1 is 0.388 bits per heavy atom. The highest BCUT2D eigenvalue weighted by atomic mass is 16.5. The molecule has 0 atom stereocenters. The number of aromatic carboxylic acids is 1. The maximum atomic E-state index is 11.7. The number of fused-ring (bicyclic) bond motifs is 20. The average Bonchev–Trinajstić information content (AvgIpc) is 4.34. The summed E-state index contributed by atoms with van der Waals surface area (Å²) in [7, 11) is 11.9. The zero-order chi connectivity index (χ0) is 54.8. The highest BCUT2D eigenvalue weighted by Crippen LogP contribution is 2.46. The SMILES string of the molecule is CN(C)c1cccc(Oc2cccc3c2-c2nc-3nc3[nH]c(nc4nc(nc5[nH]c(n2)c2ccc(Oc6ccc(C(=O)O)cc6)cc52)-c2c(Oc5cccc(N(C)C)c5)cccc2-4)c2c(Oc4cccc(N(C)C)c4)cccc32)c1. The fraction of sp³-hybridized carbons (Fsp3) is 0.0952. The Morgan fingerprint density at radius 3 is 1.35 bits per heavy atom. The van der Waals surface area contributed by atoms with Gasteiger partial charge in [-0.2, -0.15) is 0 Å². The number of carboxylic acid groups (broad SMARTS) is 1. The summed E-state index contributed by atoms with van der Waals surface area (Å²) in [6.45, 7) is 0. The number of carboxylic acids is 1. The molecule has 8 bridgehead atoms. The molecule has 5 heterocycles. The average molecular weight is 1060 g/mol. The minimum atomic E-state index is -1.04. The van der Waals surface area contributed by atoms with Crippen molar-refractivity contribution in [2.75, 3.05) is 57.0 Å². The van der Waals surface area contributed by atoms with E-state index in [9.17, 15) is 9.90 Å². The third-order valence-electron chi connectivity index (χ3n) is 13.8. The van der Waals surface area contributed by atoms with Gasteiger partial charge in [0.15, 0.2) is 23.3 Å². The van der Waals surface area contributed by atoms with Crippen LogP contribution in [0, 0.1) is 0 Å². The van der Waals surface area contributed by atoms with E-state index in [0.29, 0.717) is 130 Å². The summed E-state index contributed by atoms with van der Waals surface area (Å²) in [4.78, 5) is 56.8. The van der Waals surface area contributed by atoms with Crippen molar-refractivity contribution in [2.24, 2.45) is 0 Å². The molecule has 0 aliphatic carbocycles. The smallest absolute Gasteiger partial charge is 0.335 e. The molecule has 3 N–H and O–H groups in total. The molecule has 0 unspecified atom stereocenters. The van der Waals surface area contributed by atoms with Crippen molar-refractivity contribution in [2.45, 2.75) is 0 Å². The van der Waals surface area contributed by atoms with Crippen LogP contribution in [0.2, 0.25) is 0 Å².